The normalized spacial score (nSPS) is 25.7. The van der Waals surface area contributed by atoms with E-state index in [-0.39, 0.29) is 13.5 Å². The van der Waals surface area contributed by atoms with E-state index >= 15 is 0 Å². The maximum Gasteiger partial charge on any atom is 0.317 e. The number of fused-ring (bicyclic) bond motifs is 2. The number of urea groups is 1. The first-order chi connectivity index (χ1) is 13.6. The van der Waals surface area contributed by atoms with Gasteiger partial charge >= 0.3 is 6.03 Å². The molecule has 2 fully saturated rings. The van der Waals surface area contributed by atoms with Gasteiger partial charge in [-0.3, -0.25) is 0 Å². The van der Waals surface area contributed by atoms with Gasteiger partial charge in [-0.25, -0.2) is 4.79 Å². The molecule has 1 saturated carbocycles. The zero-order chi connectivity index (χ0) is 19.6. The predicted molar refractivity (Wildman–Crippen MR) is 117 cm³/mol. The van der Waals surface area contributed by atoms with Crippen molar-refractivity contribution in [2.75, 3.05) is 27.2 Å². The Balaban J connectivity index is 0.00000240. The highest BCUT2D eigenvalue weighted by molar-refractivity contribution is 5.74. The topological polar surface area (TPSA) is 35.6 Å². The molecule has 0 aromatic heterocycles. The Bertz CT molecular complexity index is 676. The SMILES string of the molecule is CN(C)C(=O)N[C@H]1CCC2(CCN(C3CCCCCC3)CC2)c2ccccc21.[HH]. The van der Waals surface area contributed by atoms with Crippen molar-refractivity contribution in [2.24, 2.45) is 0 Å². The number of hydrogen-bond donors (Lipinski definition) is 1. The van der Waals surface area contributed by atoms with Crippen LogP contribution in [0.1, 0.15) is 82.8 Å². The molecule has 3 aliphatic rings. The molecule has 0 unspecified atom stereocenters. The van der Waals surface area contributed by atoms with Crippen molar-refractivity contribution < 1.29 is 6.22 Å². The first kappa shape index (κ1) is 19.8. The number of likely N-dealkylation sites (tertiary alicyclic amines) is 1. The minimum absolute atomic E-state index is 0. The van der Waals surface area contributed by atoms with E-state index in [4.69, 9.17) is 0 Å². The molecule has 0 radical (unpaired) electrons. The number of nitrogens with one attached hydrogen (secondary N) is 1. The van der Waals surface area contributed by atoms with Gasteiger partial charge in [0.15, 0.2) is 0 Å². The Morgan fingerprint density at radius 2 is 1.71 bits per heavy atom. The molecule has 156 valence electrons. The highest BCUT2D eigenvalue weighted by atomic mass is 16.2. The Morgan fingerprint density at radius 1 is 1.04 bits per heavy atom. The van der Waals surface area contributed by atoms with E-state index in [1.54, 1.807) is 4.90 Å². The molecule has 4 heteroatoms. The molecule has 4 nitrogen and oxygen atoms in total. The smallest absolute Gasteiger partial charge is 0.317 e. The van der Waals surface area contributed by atoms with Crippen LogP contribution in [0.25, 0.3) is 0 Å². The van der Waals surface area contributed by atoms with E-state index in [1.165, 1.54) is 82.0 Å². The predicted octanol–water partition coefficient (Wildman–Crippen LogP) is 5.10. The third-order valence-corrected chi connectivity index (χ3v) is 7.62. The van der Waals surface area contributed by atoms with Gasteiger partial charge in [0.25, 0.3) is 0 Å². The summed E-state index contributed by atoms with van der Waals surface area (Å²) in [5.74, 6) is 0. The van der Waals surface area contributed by atoms with E-state index in [9.17, 15) is 4.79 Å². The lowest BCUT2D eigenvalue weighted by Gasteiger charge is -2.49. The highest BCUT2D eigenvalue weighted by Crippen LogP contribution is 2.48. The summed E-state index contributed by atoms with van der Waals surface area (Å²) in [5, 5.41) is 3.24. The van der Waals surface area contributed by atoms with Crippen LogP contribution in [0.2, 0.25) is 0 Å². The lowest BCUT2D eigenvalue weighted by atomic mass is 9.63. The molecule has 1 N–H and O–H groups in total. The third-order valence-electron chi connectivity index (χ3n) is 7.62. The number of carbonyl (C=O) groups excluding carboxylic acids is 1. The van der Waals surface area contributed by atoms with Crippen LogP contribution < -0.4 is 5.32 Å². The van der Waals surface area contributed by atoms with Crippen LogP contribution in [-0.2, 0) is 5.41 Å². The van der Waals surface area contributed by atoms with Gasteiger partial charge in [-0.05, 0) is 68.2 Å². The zero-order valence-electron chi connectivity index (χ0n) is 17.8. The number of carbonyl (C=O) groups is 1. The number of amides is 2. The maximum absolute atomic E-state index is 12.2. The molecular formula is C24H39N3O. The molecule has 1 heterocycles. The molecule has 1 aromatic rings. The molecule has 1 atom stereocenters. The molecule has 28 heavy (non-hydrogen) atoms. The van der Waals surface area contributed by atoms with Gasteiger partial charge in [0.2, 0.25) is 0 Å². The van der Waals surface area contributed by atoms with E-state index in [1.807, 2.05) is 14.1 Å². The summed E-state index contributed by atoms with van der Waals surface area (Å²) >= 11 is 0. The third kappa shape index (κ3) is 3.94. The molecule has 1 saturated heterocycles. The Hall–Kier alpha value is -1.55. The van der Waals surface area contributed by atoms with Gasteiger partial charge in [-0.15, -0.1) is 0 Å². The van der Waals surface area contributed by atoms with Crippen molar-refractivity contribution in [3.05, 3.63) is 35.4 Å². The second-order valence-electron chi connectivity index (χ2n) is 9.48. The minimum atomic E-state index is 0. The molecule has 2 aliphatic carbocycles. The lowest BCUT2D eigenvalue weighted by Crippen LogP contribution is -2.49. The standard InChI is InChI=1S/C24H37N3O.H2/c1-26(2)23(28)25-22-13-14-24(21-12-8-7-11-20(21)22)15-17-27(18-16-24)19-9-5-3-4-6-10-19;/h7-8,11-12,19,22H,3-6,9-10,13-18H2,1-2H3,(H,25,28);1H/t22-;/m0./s1. The van der Waals surface area contributed by atoms with E-state index < -0.39 is 0 Å². The van der Waals surface area contributed by atoms with Crippen LogP contribution in [0.15, 0.2) is 24.3 Å². The van der Waals surface area contributed by atoms with Crippen LogP contribution in [0, 0.1) is 0 Å². The van der Waals surface area contributed by atoms with Crippen molar-refractivity contribution in [2.45, 2.75) is 81.7 Å². The lowest BCUT2D eigenvalue weighted by molar-refractivity contribution is 0.0935. The van der Waals surface area contributed by atoms with Crippen LogP contribution in [-0.4, -0.2) is 49.1 Å². The van der Waals surface area contributed by atoms with Gasteiger partial charge in [0.05, 0.1) is 6.04 Å². The summed E-state index contributed by atoms with van der Waals surface area (Å²) in [7, 11) is 3.63. The largest absolute Gasteiger partial charge is 0.331 e. The Kier molecular flexibility index (Phi) is 5.96. The van der Waals surface area contributed by atoms with Crippen LogP contribution in [0.5, 0.6) is 0 Å². The van der Waals surface area contributed by atoms with Gasteiger partial charge in [-0.2, -0.15) is 0 Å². The minimum Gasteiger partial charge on any atom is -0.331 e. The number of nitrogens with zero attached hydrogens (tertiary/aromatic N) is 2. The van der Waals surface area contributed by atoms with Crippen LogP contribution >= 0.6 is 0 Å². The molecular weight excluding hydrogens is 346 g/mol. The molecule has 4 rings (SSSR count). The van der Waals surface area contributed by atoms with Crippen LogP contribution in [0.4, 0.5) is 4.79 Å². The van der Waals surface area contributed by atoms with E-state index in [0.29, 0.717) is 5.41 Å². The average molecular weight is 386 g/mol. The van der Waals surface area contributed by atoms with Crippen molar-refractivity contribution in [1.82, 2.24) is 15.1 Å². The van der Waals surface area contributed by atoms with Gasteiger partial charge in [-0.1, -0.05) is 49.9 Å². The summed E-state index contributed by atoms with van der Waals surface area (Å²) < 4.78 is 0. The van der Waals surface area contributed by atoms with E-state index in [2.05, 4.69) is 34.5 Å². The quantitative estimate of drug-likeness (QED) is 0.719. The fourth-order valence-corrected chi connectivity index (χ4v) is 5.88. The molecule has 1 aliphatic heterocycles. The zero-order valence-corrected chi connectivity index (χ0v) is 17.8. The second-order valence-corrected chi connectivity index (χ2v) is 9.48. The van der Waals surface area contributed by atoms with Crippen molar-refractivity contribution >= 4 is 6.03 Å². The monoisotopic (exact) mass is 385 g/mol. The molecule has 2 amide bonds. The number of rotatable bonds is 2. The number of piperidine rings is 1. The first-order valence-corrected chi connectivity index (χ1v) is 11.4. The number of hydrogen-bond acceptors (Lipinski definition) is 2. The molecule has 1 spiro atoms. The first-order valence-electron chi connectivity index (χ1n) is 11.4. The van der Waals surface area contributed by atoms with Gasteiger partial charge < -0.3 is 15.1 Å². The number of benzene rings is 1. The fourth-order valence-electron chi connectivity index (χ4n) is 5.88. The van der Waals surface area contributed by atoms with Crippen molar-refractivity contribution in [1.29, 1.82) is 0 Å². The van der Waals surface area contributed by atoms with Crippen molar-refractivity contribution in [3.8, 4) is 0 Å². The maximum atomic E-state index is 12.2. The van der Waals surface area contributed by atoms with Gasteiger partial charge in [0, 0.05) is 21.6 Å². The molecule has 0 bridgehead atoms. The van der Waals surface area contributed by atoms with Crippen molar-refractivity contribution in [3.63, 3.8) is 0 Å². The summed E-state index contributed by atoms with van der Waals surface area (Å²) in [4.78, 5) is 16.7. The van der Waals surface area contributed by atoms with E-state index in [0.717, 1.165) is 12.5 Å². The summed E-state index contributed by atoms with van der Waals surface area (Å²) in [6, 6.07) is 9.89. The highest BCUT2D eigenvalue weighted by Gasteiger charge is 2.43. The fraction of sp³-hybridized carbons (Fsp3) is 0.708. The Labute approximate surface area is 172 Å². The van der Waals surface area contributed by atoms with Crippen LogP contribution in [0.3, 0.4) is 0 Å². The molecule has 1 aromatic carbocycles. The summed E-state index contributed by atoms with van der Waals surface area (Å²) in [6.45, 7) is 2.49. The average Bonchev–Trinajstić information content (AvgIpc) is 3.00. The summed E-state index contributed by atoms with van der Waals surface area (Å²) in [6.07, 6.45) is 13.3. The van der Waals surface area contributed by atoms with Gasteiger partial charge in [0.1, 0.15) is 0 Å². The second kappa shape index (κ2) is 8.44. The summed E-state index contributed by atoms with van der Waals surface area (Å²) in [5.41, 5.74) is 3.18. The Morgan fingerprint density at radius 3 is 2.39 bits per heavy atom.